The van der Waals surface area contributed by atoms with Crippen LogP contribution in [-0.4, -0.2) is 29.7 Å². The summed E-state index contributed by atoms with van der Waals surface area (Å²) in [4.78, 5) is 22.8. The van der Waals surface area contributed by atoms with Gasteiger partial charge in [-0.3, -0.25) is 15.4 Å². The summed E-state index contributed by atoms with van der Waals surface area (Å²) in [5, 5.41) is 21.9. The molecule has 0 aliphatic rings. The summed E-state index contributed by atoms with van der Waals surface area (Å²) in [6.07, 6.45) is -1.37. The van der Waals surface area contributed by atoms with E-state index >= 15 is 0 Å². The minimum atomic E-state index is -1.37. The van der Waals surface area contributed by atoms with Gasteiger partial charge in [0.1, 0.15) is 5.69 Å². The number of carbonyl (C=O) groups is 1. The molecule has 1 aromatic carbocycles. The van der Waals surface area contributed by atoms with Gasteiger partial charge in [0.2, 0.25) is 0 Å². The predicted octanol–water partition coefficient (Wildman–Crippen LogP) is 3.43. The number of nitro groups is 1. The van der Waals surface area contributed by atoms with Gasteiger partial charge in [-0.1, -0.05) is 25.4 Å². The average Bonchev–Trinajstić information content (AvgIpc) is 2.28. The summed E-state index contributed by atoms with van der Waals surface area (Å²) in [6, 6.07) is 2.52. The van der Waals surface area contributed by atoms with Crippen LogP contribution in [0.4, 0.5) is 21.9 Å². The van der Waals surface area contributed by atoms with Crippen LogP contribution >= 0.6 is 11.6 Å². The molecule has 0 radical (unpaired) electrons. The van der Waals surface area contributed by atoms with E-state index in [0.717, 1.165) is 6.07 Å². The standard InChI is InChI=1S/C12H16ClN3O4/c1-7(2)6-15(3)10-5-9(14-12(17)18)11(16(19)20)4-8(10)13/h4-5,7,14H,6H2,1-3H3,(H,17,18). The Morgan fingerprint density at radius 1 is 1.55 bits per heavy atom. The zero-order chi connectivity index (χ0) is 15.4. The van der Waals surface area contributed by atoms with Crippen molar-refractivity contribution in [1.29, 1.82) is 0 Å². The van der Waals surface area contributed by atoms with Crippen molar-refractivity contribution in [2.24, 2.45) is 5.92 Å². The third kappa shape index (κ3) is 3.99. The number of rotatable bonds is 5. The normalized spacial score (nSPS) is 10.4. The van der Waals surface area contributed by atoms with E-state index in [1.807, 2.05) is 24.1 Å². The van der Waals surface area contributed by atoms with Crippen molar-refractivity contribution >= 4 is 34.8 Å². The van der Waals surface area contributed by atoms with Crippen molar-refractivity contribution in [1.82, 2.24) is 0 Å². The number of halogens is 1. The molecular weight excluding hydrogens is 286 g/mol. The SMILES string of the molecule is CC(C)CN(C)c1cc(NC(=O)O)c([N+](=O)[O-])cc1Cl. The molecule has 1 amide bonds. The number of nitro benzene ring substituents is 1. The molecule has 0 fully saturated rings. The fourth-order valence-electron chi connectivity index (χ4n) is 1.86. The number of anilines is 2. The summed E-state index contributed by atoms with van der Waals surface area (Å²) >= 11 is 6.04. The van der Waals surface area contributed by atoms with Crippen LogP contribution in [0.25, 0.3) is 0 Å². The molecule has 0 heterocycles. The number of nitrogens with zero attached hydrogens (tertiary/aromatic N) is 2. The first kappa shape index (κ1) is 16.0. The lowest BCUT2D eigenvalue weighted by molar-refractivity contribution is -0.383. The highest BCUT2D eigenvalue weighted by molar-refractivity contribution is 6.33. The minimum absolute atomic E-state index is 0.0995. The van der Waals surface area contributed by atoms with Gasteiger partial charge >= 0.3 is 6.09 Å². The lowest BCUT2D eigenvalue weighted by atomic mass is 10.1. The van der Waals surface area contributed by atoms with E-state index in [0.29, 0.717) is 18.2 Å². The Morgan fingerprint density at radius 3 is 2.60 bits per heavy atom. The molecule has 110 valence electrons. The van der Waals surface area contributed by atoms with E-state index in [4.69, 9.17) is 16.7 Å². The van der Waals surface area contributed by atoms with Crippen LogP contribution in [0.15, 0.2) is 12.1 Å². The van der Waals surface area contributed by atoms with Gasteiger partial charge in [-0.25, -0.2) is 4.79 Å². The molecule has 0 atom stereocenters. The number of amides is 1. The molecule has 0 aromatic heterocycles. The Balaban J connectivity index is 3.26. The number of hydrogen-bond donors (Lipinski definition) is 2. The molecule has 0 saturated heterocycles. The highest BCUT2D eigenvalue weighted by Gasteiger charge is 2.20. The van der Waals surface area contributed by atoms with Crippen molar-refractivity contribution in [3.63, 3.8) is 0 Å². The van der Waals surface area contributed by atoms with Gasteiger partial charge in [0.15, 0.2) is 0 Å². The monoisotopic (exact) mass is 301 g/mol. The van der Waals surface area contributed by atoms with Gasteiger partial charge in [0.05, 0.1) is 15.6 Å². The van der Waals surface area contributed by atoms with Crippen LogP contribution in [-0.2, 0) is 0 Å². The maximum atomic E-state index is 10.9. The topological polar surface area (TPSA) is 95.7 Å². The molecule has 1 aromatic rings. The number of benzene rings is 1. The van der Waals surface area contributed by atoms with Crippen molar-refractivity contribution in [2.45, 2.75) is 13.8 Å². The number of carboxylic acid groups (broad SMARTS) is 1. The first-order valence-electron chi connectivity index (χ1n) is 5.91. The van der Waals surface area contributed by atoms with Crippen LogP contribution in [0, 0.1) is 16.0 Å². The van der Waals surface area contributed by atoms with Crippen LogP contribution in [0.1, 0.15) is 13.8 Å². The Bertz CT molecular complexity index is 534. The lowest BCUT2D eigenvalue weighted by Crippen LogP contribution is -2.23. The van der Waals surface area contributed by atoms with Gasteiger partial charge in [0, 0.05) is 19.7 Å². The van der Waals surface area contributed by atoms with Gasteiger partial charge in [-0.2, -0.15) is 0 Å². The molecular formula is C12H16ClN3O4. The van der Waals surface area contributed by atoms with Gasteiger partial charge in [-0.05, 0) is 12.0 Å². The van der Waals surface area contributed by atoms with Crippen LogP contribution in [0.5, 0.6) is 0 Å². The second-order valence-corrected chi connectivity index (χ2v) is 5.19. The van der Waals surface area contributed by atoms with E-state index in [1.165, 1.54) is 6.07 Å². The summed E-state index contributed by atoms with van der Waals surface area (Å²) in [5.74, 6) is 0.363. The molecule has 8 heteroatoms. The van der Waals surface area contributed by atoms with Crippen molar-refractivity contribution in [3.8, 4) is 0 Å². The molecule has 1 rings (SSSR count). The Labute approximate surface area is 121 Å². The zero-order valence-corrected chi connectivity index (χ0v) is 12.1. The molecule has 20 heavy (non-hydrogen) atoms. The molecule has 2 N–H and O–H groups in total. The third-order valence-corrected chi connectivity index (χ3v) is 2.86. The summed E-state index contributed by atoms with van der Waals surface area (Å²) < 4.78 is 0. The highest BCUT2D eigenvalue weighted by atomic mass is 35.5. The van der Waals surface area contributed by atoms with Crippen molar-refractivity contribution < 1.29 is 14.8 Å². The fraction of sp³-hybridized carbons (Fsp3) is 0.417. The summed E-state index contributed by atoms with van der Waals surface area (Å²) in [6.45, 7) is 4.72. The first-order chi connectivity index (χ1) is 9.22. The summed E-state index contributed by atoms with van der Waals surface area (Å²) in [7, 11) is 1.79. The molecule has 0 saturated carbocycles. The molecule has 7 nitrogen and oxygen atoms in total. The Hall–Kier alpha value is -2.02. The van der Waals surface area contributed by atoms with E-state index < -0.39 is 11.0 Å². The highest BCUT2D eigenvalue weighted by Crippen LogP contribution is 2.36. The zero-order valence-electron chi connectivity index (χ0n) is 11.4. The smallest absolute Gasteiger partial charge is 0.409 e. The molecule has 0 bridgehead atoms. The minimum Gasteiger partial charge on any atom is -0.465 e. The molecule has 0 aliphatic heterocycles. The quantitative estimate of drug-likeness (QED) is 0.641. The predicted molar refractivity (Wildman–Crippen MR) is 77.9 cm³/mol. The van der Waals surface area contributed by atoms with E-state index in [1.54, 1.807) is 7.05 Å². The van der Waals surface area contributed by atoms with Crippen LogP contribution < -0.4 is 10.2 Å². The maximum absolute atomic E-state index is 10.9. The summed E-state index contributed by atoms with van der Waals surface area (Å²) in [5.41, 5.74) is 0.0614. The third-order valence-electron chi connectivity index (χ3n) is 2.55. The fourth-order valence-corrected chi connectivity index (χ4v) is 2.16. The molecule has 0 spiro atoms. The second kappa shape index (κ2) is 6.42. The maximum Gasteiger partial charge on any atom is 0.409 e. The van der Waals surface area contributed by atoms with Crippen LogP contribution in [0.3, 0.4) is 0 Å². The van der Waals surface area contributed by atoms with Crippen molar-refractivity contribution in [3.05, 3.63) is 27.3 Å². The van der Waals surface area contributed by atoms with Gasteiger partial charge < -0.3 is 10.0 Å². The Morgan fingerprint density at radius 2 is 2.15 bits per heavy atom. The number of nitrogens with one attached hydrogen (secondary N) is 1. The van der Waals surface area contributed by atoms with E-state index in [-0.39, 0.29) is 16.4 Å². The first-order valence-corrected chi connectivity index (χ1v) is 6.29. The number of hydrogen-bond acceptors (Lipinski definition) is 4. The lowest BCUT2D eigenvalue weighted by Gasteiger charge is -2.23. The van der Waals surface area contributed by atoms with Gasteiger partial charge in [-0.15, -0.1) is 0 Å². The molecule has 0 aliphatic carbocycles. The Kier molecular flexibility index (Phi) is 5.15. The van der Waals surface area contributed by atoms with E-state index in [2.05, 4.69) is 0 Å². The van der Waals surface area contributed by atoms with Crippen molar-refractivity contribution in [2.75, 3.05) is 23.8 Å². The largest absolute Gasteiger partial charge is 0.465 e. The average molecular weight is 302 g/mol. The van der Waals surface area contributed by atoms with E-state index in [9.17, 15) is 14.9 Å². The molecule has 0 unspecified atom stereocenters. The van der Waals surface area contributed by atoms with Crippen LogP contribution in [0.2, 0.25) is 5.02 Å². The van der Waals surface area contributed by atoms with Gasteiger partial charge in [0.25, 0.3) is 5.69 Å². The second-order valence-electron chi connectivity index (χ2n) is 4.78.